The van der Waals surface area contributed by atoms with Crippen molar-refractivity contribution in [2.75, 3.05) is 6.61 Å². The van der Waals surface area contributed by atoms with Gasteiger partial charge in [-0.2, -0.15) is 0 Å². The minimum atomic E-state index is -2.56. The second kappa shape index (κ2) is 10.4. The molecule has 0 aromatic rings. The predicted octanol–water partition coefficient (Wildman–Crippen LogP) is 5.99. The molecule has 0 aromatic carbocycles. The molecule has 4 heteroatoms. The zero-order valence-corrected chi connectivity index (χ0v) is 15.2. The monoisotopic (exact) mass is 344 g/mol. The van der Waals surface area contributed by atoms with Crippen LogP contribution in [0.3, 0.4) is 0 Å². The van der Waals surface area contributed by atoms with E-state index in [2.05, 4.69) is 6.92 Å². The molecule has 0 unspecified atom stereocenters. The van der Waals surface area contributed by atoms with Crippen molar-refractivity contribution >= 4 is 5.97 Å². The van der Waals surface area contributed by atoms with E-state index in [4.69, 9.17) is 4.74 Å². The lowest BCUT2D eigenvalue weighted by Crippen LogP contribution is -2.29. The van der Waals surface area contributed by atoms with Crippen LogP contribution in [0.4, 0.5) is 8.78 Å². The predicted molar refractivity (Wildman–Crippen MR) is 92.0 cm³/mol. The lowest BCUT2D eigenvalue weighted by atomic mass is 9.68. The second-order valence-corrected chi connectivity index (χ2v) is 7.91. The number of ether oxygens (including phenoxy) is 1. The van der Waals surface area contributed by atoms with Crippen LogP contribution in [0.5, 0.6) is 0 Å². The fourth-order valence-electron chi connectivity index (χ4n) is 4.72. The van der Waals surface area contributed by atoms with Gasteiger partial charge in [0, 0.05) is 0 Å². The number of carbonyl (C=O) groups excluding carboxylic acids is 1. The number of esters is 1. The number of carbonyl (C=O) groups is 1. The highest BCUT2D eigenvalue weighted by molar-refractivity contribution is 5.72. The maximum atomic E-state index is 12.1. The first-order valence-electron chi connectivity index (χ1n) is 10.0. The molecule has 0 atom stereocenters. The van der Waals surface area contributed by atoms with E-state index >= 15 is 0 Å². The molecular formula is C20H34F2O2. The summed E-state index contributed by atoms with van der Waals surface area (Å²) < 4.78 is 28.9. The maximum absolute atomic E-state index is 12.1. The molecule has 0 aliphatic heterocycles. The molecule has 2 aliphatic rings. The maximum Gasteiger partial charge on any atom is 0.309 e. The second-order valence-electron chi connectivity index (χ2n) is 7.91. The van der Waals surface area contributed by atoms with E-state index in [1.165, 1.54) is 51.4 Å². The van der Waals surface area contributed by atoms with E-state index in [1.807, 2.05) is 0 Å². The van der Waals surface area contributed by atoms with Crippen LogP contribution in [0.2, 0.25) is 0 Å². The summed E-state index contributed by atoms with van der Waals surface area (Å²) in [4.78, 5) is 11.8. The Labute approximate surface area is 145 Å². The van der Waals surface area contributed by atoms with Gasteiger partial charge in [-0.3, -0.25) is 4.79 Å². The Balaban J connectivity index is 1.63. The summed E-state index contributed by atoms with van der Waals surface area (Å²) in [5.41, 5.74) is 0. The van der Waals surface area contributed by atoms with E-state index in [9.17, 15) is 13.6 Å². The van der Waals surface area contributed by atoms with Crippen molar-refractivity contribution in [1.82, 2.24) is 0 Å². The van der Waals surface area contributed by atoms with Crippen molar-refractivity contribution in [2.45, 2.75) is 90.4 Å². The average Bonchev–Trinajstić information content (AvgIpc) is 2.60. The SMILES string of the molecule is CCCCCC1CCC(C2CCC(C(=O)OCC(F)F)CC2)CC1. The van der Waals surface area contributed by atoms with Crippen LogP contribution < -0.4 is 0 Å². The van der Waals surface area contributed by atoms with Gasteiger partial charge in [0.2, 0.25) is 0 Å². The third-order valence-corrected chi connectivity index (χ3v) is 6.23. The van der Waals surface area contributed by atoms with E-state index < -0.39 is 19.0 Å². The minimum Gasteiger partial charge on any atom is -0.459 e. The van der Waals surface area contributed by atoms with Gasteiger partial charge in [0.25, 0.3) is 6.43 Å². The molecule has 2 rings (SSSR count). The van der Waals surface area contributed by atoms with Crippen LogP contribution in [-0.4, -0.2) is 19.0 Å². The Morgan fingerprint density at radius 1 is 0.958 bits per heavy atom. The molecule has 0 N–H and O–H groups in total. The highest BCUT2D eigenvalue weighted by Crippen LogP contribution is 2.42. The van der Waals surface area contributed by atoms with Crippen molar-refractivity contribution < 1.29 is 18.3 Å². The average molecular weight is 344 g/mol. The number of unbranched alkanes of at least 4 members (excludes halogenated alkanes) is 2. The van der Waals surface area contributed by atoms with E-state index in [1.54, 1.807) is 0 Å². The summed E-state index contributed by atoms with van der Waals surface area (Å²) >= 11 is 0. The number of hydrogen-bond acceptors (Lipinski definition) is 2. The van der Waals surface area contributed by atoms with Crippen molar-refractivity contribution in [3.63, 3.8) is 0 Å². The molecule has 0 heterocycles. The molecule has 0 bridgehead atoms. The summed E-state index contributed by atoms with van der Waals surface area (Å²) in [7, 11) is 0. The Kier molecular flexibility index (Phi) is 8.48. The van der Waals surface area contributed by atoms with Crippen LogP contribution in [0, 0.1) is 23.7 Å². The smallest absolute Gasteiger partial charge is 0.309 e. The van der Waals surface area contributed by atoms with Crippen molar-refractivity contribution in [3.8, 4) is 0 Å². The van der Waals surface area contributed by atoms with Gasteiger partial charge in [-0.15, -0.1) is 0 Å². The molecule has 2 saturated carbocycles. The third kappa shape index (κ3) is 6.33. The normalized spacial score (nSPS) is 31.2. The molecule has 0 aromatic heterocycles. The Hall–Kier alpha value is -0.670. The van der Waals surface area contributed by atoms with Crippen LogP contribution in [0.15, 0.2) is 0 Å². The summed E-state index contributed by atoms with van der Waals surface area (Å²) in [6.45, 7) is 1.51. The van der Waals surface area contributed by atoms with Gasteiger partial charge in [-0.1, -0.05) is 45.4 Å². The lowest BCUT2D eigenvalue weighted by Gasteiger charge is -2.37. The zero-order chi connectivity index (χ0) is 17.4. The molecule has 2 nitrogen and oxygen atoms in total. The van der Waals surface area contributed by atoms with E-state index in [-0.39, 0.29) is 5.92 Å². The fraction of sp³-hybridized carbons (Fsp3) is 0.950. The minimum absolute atomic E-state index is 0.148. The van der Waals surface area contributed by atoms with Gasteiger partial charge in [0.1, 0.15) is 0 Å². The van der Waals surface area contributed by atoms with Gasteiger partial charge < -0.3 is 4.74 Å². The van der Waals surface area contributed by atoms with Crippen LogP contribution in [0.1, 0.15) is 84.0 Å². The number of hydrogen-bond donors (Lipinski definition) is 0. The lowest BCUT2D eigenvalue weighted by molar-refractivity contribution is -0.154. The quantitative estimate of drug-likeness (QED) is 0.399. The molecule has 140 valence electrons. The van der Waals surface area contributed by atoms with Gasteiger partial charge in [0.05, 0.1) is 5.92 Å². The number of halogens is 2. The first-order valence-corrected chi connectivity index (χ1v) is 10.0. The molecule has 0 spiro atoms. The van der Waals surface area contributed by atoms with Crippen LogP contribution >= 0.6 is 0 Å². The summed E-state index contributed by atoms with van der Waals surface area (Å²) in [5.74, 6) is 1.94. The molecular weight excluding hydrogens is 310 g/mol. The third-order valence-electron chi connectivity index (χ3n) is 6.23. The van der Waals surface area contributed by atoms with Crippen molar-refractivity contribution in [3.05, 3.63) is 0 Å². The number of rotatable bonds is 8. The standard InChI is InChI=1S/C20H34F2O2/c1-2-3-4-5-15-6-8-16(9-7-15)17-10-12-18(13-11-17)20(23)24-14-19(21)22/h15-19H,2-14H2,1H3. The highest BCUT2D eigenvalue weighted by Gasteiger charge is 2.33. The summed E-state index contributed by atoms with van der Waals surface area (Å²) in [6.07, 6.45) is 12.1. The van der Waals surface area contributed by atoms with Gasteiger partial charge >= 0.3 is 5.97 Å². The Bertz CT molecular complexity index is 357. The summed E-state index contributed by atoms with van der Waals surface area (Å²) in [6, 6.07) is 0. The van der Waals surface area contributed by atoms with Crippen molar-refractivity contribution in [1.29, 1.82) is 0 Å². The first-order chi connectivity index (χ1) is 11.6. The number of alkyl halides is 2. The van der Waals surface area contributed by atoms with E-state index in [0.29, 0.717) is 0 Å². The van der Waals surface area contributed by atoms with E-state index in [0.717, 1.165) is 43.4 Å². The van der Waals surface area contributed by atoms with Crippen LogP contribution in [-0.2, 0) is 9.53 Å². The molecule has 0 saturated heterocycles. The van der Waals surface area contributed by atoms with Gasteiger partial charge in [-0.25, -0.2) is 8.78 Å². The molecule has 24 heavy (non-hydrogen) atoms. The van der Waals surface area contributed by atoms with Crippen molar-refractivity contribution in [2.24, 2.45) is 23.7 Å². The Morgan fingerprint density at radius 3 is 2.08 bits per heavy atom. The summed E-state index contributed by atoms with van der Waals surface area (Å²) in [5, 5.41) is 0. The zero-order valence-electron chi connectivity index (χ0n) is 15.2. The highest BCUT2D eigenvalue weighted by atomic mass is 19.3. The Morgan fingerprint density at radius 2 is 1.54 bits per heavy atom. The largest absolute Gasteiger partial charge is 0.459 e. The molecule has 2 fully saturated rings. The topological polar surface area (TPSA) is 26.3 Å². The van der Waals surface area contributed by atoms with Gasteiger partial charge in [0.15, 0.2) is 6.61 Å². The van der Waals surface area contributed by atoms with Crippen LogP contribution in [0.25, 0.3) is 0 Å². The molecule has 0 amide bonds. The molecule has 2 aliphatic carbocycles. The first kappa shape index (κ1) is 19.7. The fourth-order valence-corrected chi connectivity index (χ4v) is 4.72. The molecule has 0 radical (unpaired) electrons. The van der Waals surface area contributed by atoms with Gasteiger partial charge in [-0.05, 0) is 56.3 Å².